The molecule has 4 nitrogen and oxygen atoms in total. The van der Waals surface area contributed by atoms with Crippen LogP contribution in [0.4, 0.5) is 0 Å². The molecular formula is C17H29NO3. The van der Waals surface area contributed by atoms with E-state index in [4.69, 9.17) is 5.11 Å². The molecule has 0 atom stereocenters. The molecule has 0 aromatic rings. The maximum Gasteiger partial charge on any atom is 0.303 e. The van der Waals surface area contributed by atoms with Gasteiger partial charge in [0.15, 0.2) is 0 Å². The van der Waals surface area contributed by atoms with Crippen molar-refractivity contribution in [1.29, 1.82) is 0 Å². The minimum atomic E-state index is -0.768. The second-order valence-corrected chi connectivity index (χ2v) is 7.06. The lowest BCUT2D eigenvalue weighted by atomic mass is 9.79. The van der Waals surface area contributed by atoms with E-state index in [-0.39, 0.29) is 17.7 Å². The molecule has 0 radical (unpaired) electrons. The number of carboxylic acids is 1. The number of hydrogen-bond acceptors (Lipinski definition) is 2. The summed E-state index contributed by atoms with van der Waals surface area (Å²) in [5.74, 6) is -0.695. The fourth-order valence-corrected chi connectivity index (χ4v) is 4.08. The molecule has 0 saturated heterocycles. The third kappa shape index (κ3) is 5.33. The molecule has 0 unspecified atom stereocenters. The van der Waals surface area contributed by atoms with Gasteiger partial charge in [-0.05, 0) is 31.1 Å². The van der Waals surface area contributed by atoms with Crippen LogP contribution >= 0.6 is 0 Å². The summed E-state index contributed by atoms with van der Waals surface area (Å²) in [6.07, 6.45) is 12.9. The molecule has 120 valence electrons. The van der Waals surface area contributed by atoms with Gasteiger partial charge >= 0.3 is 5.97 Å². The summed E-state index contributed by atoms with van der Waals surface area (Å²) < 4.78 is 0. The molecule has 0 aromatic carbocycles. The van der Waals surface area contributed by atoms with Crippen LogP contribution in [0.15, 0.2) is 0 Å². The Morgan fingerprint density at radius 2 is 1.48 bits per heavy atom. The van der Waals surface area contributed by atoms with E-state index < -0.39 is 5.97 Å². The van der Waals surface area contributed by atoms with Gasteiger partial charge in [-0.25, -0.2) is 0 Å². The monoisotopic (exact) mass is 295 g/mol. The van der Waals surface area contributed by atoms with E-state index in [9.17, 15) is 9.59 Å². The van der Waals surface area contributed by atoms with E-state index in [0.29, 0.717) is 12.5 Å². The summed E-state index contributed by atoms with van der Waals surface area (Å²) in [6, 6.07) is 0.307. The fourth-order valence-electron chi connectivity index (χ4n) is 4.08. The average molecular weight is 295 g/mol. The number of nitrogens with one attached hydrogen (secondary N) is 1. The van der Waals surface area contributed by atoms with Gasteiger partial charge in [-0.15, -0.1) is 0 Å². The lowest BCUT2D eigenvalue weighted by Gasteiger charge is -2.28. The molecule has 0 aliphatic heterocycles. The topological polar surface area (TPSA) is 66.4 Å². The van der Waals surface area contributed by atoms with Gasteiger partial charge in [-0.3, -0.25) is 9.59 Å². The molecule has 2 saturated carbocycles. The van der Waals surface area contributed by atoms with Gasteiger partial charge in [-0.2, -0.15) is 0 Å². The predicted octanol–water partition coefficient (Wildman–Crippen LogP) is 3.64. The average Bonchev–Trinajstić information content (AvgIpc) is 2.79. The largest absolute Gasteiger partial charge is 0.481 e. The number of rotatable bonds is 5. The number of hydrogen-bond donors (Lipinski definition) is 2. The zero-order valence-corrected chi connectivity index (χ0v) is 13.0. The van der Waals surface area contributed by atoms with Gasteiger partial charge < -0.3 is 10.4 Å². The highest BCUT2D eigenvalue weighted by atomic mass is 16.4. The molecule has 2 N–H and O–H groups in total. The molecule has 21 heavy (non-hydrogen) atoms. The number of aliphatic carboxylic acids is 1. The first-order valence-corrected chi connectivity index (χ1v) is 8.61. The van der Waals surface area contributed by atoms with Crippen LogP contribution in [0.3, 0.4) is 0 Å². The molecule has 0 heterocycles. The van der Waals surface area contributed by atoms with Crippen LogP contribution in [-0.4, -0.2) is 23.0 Å². The Morgan fingerprint density at radius 3 is 2.05 bits per heavy atom. The molecule has 2 fully saturated rings. The Balaban J connectivity index is 1.85. The highest BCUT2D eigenvalue weighted by Gasteiger charge is 2.38. The van der Waals surface area contributed by atoms with Crippen LogP contribution < -0.4 is 5.32 Å². The summed E-state index contributed by atoms with van der Waals surface area (Å²) in [4.78, 5) is 23.4. The highest BCUT2D eigenvalue weighted by Crippen LogP contribution is 2.44. The summed E-state index contributed by atoms with van der Waals surface area (Å²) in [6.45, 7) is 0. The van der Waals surface area contributed by atoms with E-state index in [1.165, 1.54) is 32.1 Å². The number of carbonyl (C=O) groups excluding carboxylic acids is 1. The summed E-state index contributed by atoms with van der Waals surface area (Å²) in [5, 5.41) is 12.3. The summed E-state index contributed by atoms with van der Waals surface area (Å²) >= 11 is 0. The predicted molar refractivity (Wildman–Crippen MR) is 82.0 cm³/mol. The molecule has 2 rings (SSSR count). The van der Waals surface area contributed by atoms with Crippen molar-refractivity contribution in [2.45, 2.75) is 89.5 Å². The lowest BCUT2D eigenvalue weighted by Crippen LogP contribution is -2.38. The number of carbonyl (C=O) groups is 2. The van der Waals surface area contributed by atoms with E-state index in [1.807, 2.05) is 0 Å². The second-order valence-electron chi connectivity index (χ2n) is 7.06. The van der Waals surface area contributed by atoms with Crippen LogP contribution in [0.2, 0.25) is 0 Å². The highest BCUT2D eigenvalue weighted by molar-refractivity contribution is 5.78. The zero-order chi connectivity index (χ0) is 15.1. The quantitative estimate of drug-likeness (QED) is 0.813. The molecule has 4 heteroatoms. The van der Waals surface area contributed by atoms with E-state index in [0.717, 1.165) is 38.5 Å². The zero-order valence-electron chi connectivity index (χ0n) is 13.0. The van der Waals surface area contributed by atoms with Gasteiger partial charge in [0, 0.05) is 12.5 Å². The Morgan fingerprint density at radius 1 is 0.905 bits per heavy atom. The SMILES string of the molecule is O=C(O)CC1(CC(=O)NC2CCCCCCC2)CCCC1. The first-order valence-electron chi connectivity index (χ1n) is 8.61. The summed E-state index contributed by atoms with van der Waals surface area (Å²) in [5.41, 5.74) is -0.280. The normalized spacial score (nSPS) is 23.2. The minimum absolute atomic E-state index is 0.0729. The minimum Gasteiger partial charge on any atom is -0.481 e. The van der Waals surface area contributed by atoms with E-state index in [1.54, 1.807) is 0 Å². The van der Waals surface area contributed by atoms with Gasteiger partial charge in [0.1, 0.15) is 0 Å². The Labute approximate surface area is 127 Å². The van der Waals surface area contributed by atoms with Crippen molar-refractivity contribution in [2.24, 2.45) is 5.41 Å². The molecular weight excluding hydrogens is 266 g/mol. The number of carboxylic acid groups (broad SMARTS) is 1. The van der Waals surface area contributed by atoms with Crippen LogP contribution in [-0.2, 0) is 9.59 Å². The molecule has 2 aliphatic carbocycles. The van der Waals surface area contributed by atoms with Crippen molar-refractivity contribution in [3.05, 3.63) is 0 Å². The second kappa shape index (κ2) is 7.81. The molecule has 2 aliphatic rings. The smallest absolute Gasteiger partial charge is 0.303 e. The fraction of sp³-hybridized carbons (Fsp3) is 0.882. The summed E-state index contributed by atoms with van der Waals surface area (Å²) in [7, 11) is 0. The number of amides is 1. The first kappa shape index (κ1) is 16.3. The van der Waals surface area contributed by atoms with Crippen molar-refractivity contribution >= 4 is 11.9 Å². The van der Waals surface area contributed by atoms with Crippen molar-refractivity contribution in [2.75, 3.05) is 0 Å². The first-order chi connectivity index (χ1) is 10.1. The van der Waals surface area contributed by atoms with Crippen LogP contribution in [0.25, 0.3) is 0 Å². The van der Waals surface area contributed by atoms with Gasteiger partial charge in [0.05, 0.1) is 6.42 Å². The Hall–Kier alpha value is -1.06. The third-order valence-electron chi connectivity index (χ3n) is 5.20. The maximum absolute atomic E-state index is 12.3. The lowest BCUT2D eigenvalue weighted by molar-refractivity contribution is -0.140. The van der Waals surface area contributed by atoms with E-state index >= 15 is 0 Å². The van der Waals surface area contributed by atoms with Crippen molar-refractivity contribution in [3.63, 3.8) is 0 Å². The molecule has 1 amide bonds. The van der Waals surface area contributed by atoms with Gasteiger partial charge in [0.2, 0.25) is 5.91 Å². The van der Waals surface area contributed by atoms with Crippen molar-refractivity contribution in [3.8, 4) is 0 Å². The van der Waals surface area contributed by atoms with Gasteiger partial charge in [-0.1, -0.05) is 44.9 Å². The molecule has 0 spiro atoms. The third-order valence-corrected chi connectivity index (χ3v) is 5.20. The van der Waals surface area contributed by atoms with Gasteiger partial charge in [0.25, 0.3) is 0 Å². The molecule has 0 bridgehead atoms. The standard InChI is InChI=1S/C17H29NO3/c19-15(18-14-8-4-2-1-3-5-9-14)12-17(13-16(20)21)10-6-7-11-17/h14H,1-13H2,(H,18,19)(H,20,21). The Kier molecular flexibility index (Phi) is 6.07. The van der Waals surface area contributed by atoms with Crippen molar-refractivity contribution in [1.82, 2.24) is 5.32 Å². The molecule has 0 aromatic heterocycles. The van der Waals surface area contributed by atoms with Crippen LogP contribution in [0.1, 0.15) is 83.5 Å². The Bertz CT molecular complexity index is 353. The van der Waals surface area contributed by atoms with Crippen molar-refractivity contribution < 1.29 is 14.7 Å². The van der Waals surface area contributed by atoms with Crippen LogP contribution in [0.5, 0.6) is 0 Å². The van der Waals surface area contributed by atoms with E-state index in [2.05, 4.69) is 5.32 Å². The maximum atomic E-state index is 12.3. The van der Waals surface area contributed by atoms with Crippen LogP contribution in [0, 0.1) is 5.41 Å².